The van der Waals surface area contributed by atoms with Gasteiger partial charge >= 0.3 is 6.18 Å². The Hall–Kier alpha value is -1.61. The third-order valence-electron chi connectivity index (χ3n) is 4.85. The van der Waals surface area contributed by atoms with Crippen LogP contribution in [0.25, 0.3) is 0 Å². The Bertz CT molecular complexity index is 770. The first-order valence-corrected chi connectivity index (χ1v) is 10.4. The van der Waals surface area contributed by atoms with Gasteiger partial charge in [-0.15, -0.1) is 0 Å². The van der Waals surface area contributed by atoms with Gasteiger partial charge in [0.15, 0.2) is 9.84 Å². The molecular formula is C18H25F3N2O3S. The fourth-order valence-corrected chi connectivity index (χ4v) is 4.53. The van der Waals surface area contributed by atoms with Gasteiger partial charge in [0.05, 0.1) is 21.2 Å². The molecule has 1 aromatic rings. The van der Waals surface area contributed by atoms with E-state index in [0.717, 1.165) is 44.0 Å². The van der Waals surface area contributed by atoms with Crippen molar-refractivity contribution in [3.63, 3.8) is 0 Å². The van der Waals surface area contributed by atoms with E-state index < -0.39 is 26.3 Å². The van der Waals surface area contributed by atoms with Crippen LogP contribution in [0.4, 0.5) is 13.2 Å². The Morgan fingerprint density at radius 1 is 1.26 bits per heavy atom. The van der Waals surface area contributed by atoms with Crippen LogP contribution in [0, 0.1) is 0 Å². The lowest BCUT2D eigenvalue weighted by atomic mass is 10.0. The molecule has 1 heterocycles. The quantitative estimate of drug-likeness (QED) is 0.762. The van der Waals surface area contributed by atoms with Crippen LogP contribution < -0.4 is 10.6 Å². The number of amides is 1. The van der Waals surface area contributed by atoms with Crippen molar-refractivity contribution in [2.24, 2.45) is 0 Å². The molecular weight excluding hydrogens is 381 g/mol. The minimum atomic E-state index is -4.61. The predicted molar refractivity (Wildman–Crippen MR) is 96.0 cm³/mol. The second-order valence-corrected chi connectivity index (χ2v) is 9.92. The second kappa shape index (κ2) is 8.18. The molecule has 5 nitrogen and oxygen atoms in total. The van der Waals surface area contributed by atoms with Crippen molar-refractivity contribution < 1.29 is 26.4 Å². The molecule has 1 aromatic carbocycles. The van der Waals surface area contributed by atoms with Gasteiger partial charge in [-0.1, -0.05) is 12.5 Å². The molecule has 1 saturated heterocycles. The minimum absolute atomic E-state index is 0.0873. The second-order valence-electron chi connectivity index (χ2n) is 7.33. The van der Waals surface area contributed by atoms with Crippen molar-refractivity contribution in [3.05, 3.63) is 29.8 Å². The van der Waals surface area contributed by atoms with Gasteiger partial charge in [0.2, 0.25) is 5.91 Å². The molecule has 1 unspecified atom stereocenters. The average Bonchev–Trinajstić information content (AvgIpc) is 2.61. The maximum atomic E-state index is 12.9. The van der Waals surface area contributed by atoms with Crippen molar-refractivity contribution in [2.45, 2.75) is 61.4 Å². The van der Waals surface area contributed by atoms with Gasteiger partial charge < -0.3 is 10.6 Å². The molecule has 1 aliphatic heterocycles. The molecule has 0 aliphatic carbocycles. The van der Waals surface area contributed by atoms with Crippen LogP contribution in [-0.4, -0.2) is 38.2 Å². The number of carbonyl (C=O) groups excluding carboxylic acids is 1. The summed E-state index contributed by atoms with van der Waals surface area (Å²) >= 11 is 0. The summed E-state index contributed by atoms with van der Waals surface area (Å²) in [6.07, 6.45) is -1.81. The molecule has 1 atom stereocenters. The van der Waals surface area contributed by atoms with Gasteiger partial charge in [0.25, 0.3) is 0 Å². The molecule has 1 fully saturated rings. The summed E-state index contributed by atoms with van der Waals surface area (Å²) in [5.74, 6) is -0.179. The van der Waals surface area contributed by atoms with Crippen molar-refractivity contribution in [1.29, 1.82) is 0 Å². The summed E-state index contributed by atoms with van der Waals surface area (Å²) in [4.78, 5) is 11.7. The number of benzene rings is 1. The van der Waals surface area contributed by atoms with Crippen molar-refractivity contribution in [1.82, 2.24) is 10.6 Å². The molecule has 152 valence electrons. The summed E-state index contributed by atoms with van der Waals surface area (Å²) in [7, 11) is -4.01. The third kappa shape index (κ3) is 5.22. The van der Waals surface area contributed by atoms with Gasteiger partial charge in [-0.25, -0.2) is 8.42 Å². The fraction of sp³-hybridized carbons (Fsp3) is 0.611. The van der Waals surface area contributed by atoms with Crippen molar-refractivity contribution in [3.8, 4) is 0 Å². The van der Waals surface area contributed by atoms with Crippen LogP contribution in [-0.2, 0) is 20.8 Å². The number of halogens is 3. The Morgan fingerprint density at radius 3 is 2.56 bits per heavy atom. The van der Waals surface area contributed by atoms with Crippen molar-refractivity contribution in [2.75, 3.05) is 13.1 Å². The van der Waals surface area contributed by atoms with Gasteiger partial charge in [-0.3, -0.25) is 4.79 Å². The highest BCUT2D eigenvalue weighted by atomic mass is 32.2. The number of sulfone groups is 1. The SMILES string of the molecule is CC(C)(CCNC(=O)C1CCCCN1)S(=O)(=O)c1cccc(C(F)(F)F)c1. The predicted octanol–water partition coefficient (Wildman–Crippen LogP) is 2.91. The molecule has 0 saturated carbocycles. The minimum Gasteiger partial charge on any atom is -0.355 e. The van der Waals surface area contributed by atoms with E-state index in [0.29, 0.717) is 6.07 Å². The molecule has 9 heteroatoms. The zero-order chi connectivity index (χ0) is 20.3. The lowest BCUT2D eigenvalue weighted by Gasteiger charge is -2.27. The number of piperidine rings is 1. The highest BCUT2D eigenvalue weighted by Crippen LogP contribution is 2.34. The number of nitrogens with one attached hydrogen (secondary N) is 2. The lowest BCUT2D eigenvalue weighted by Crippen LogP contribution is -2.47. The Balaban J connectivity index is 2.05. The summed E-state index contributed by atoms with van der Waals surface area (Å²) in [5.41, 5.74) is -1.00. The number of hydrogen-bond acceptors (Lipinski definition) is 4. The normalized spacial score (nSPS) is 18.9. The first-order valence-electron chi connectivity index (χ1n) is 8.88. The molecule has 0 aromatic heterocycles. The number of hydrogen-bond donors (Lipinski definition) is 2. The van der Waals surface area contributed by atoms with Crippen LogP contribution in [0.5, 0.6) is 0 Å². The summed E-state index contributed by atoms with van der Waals surface area (Å²) in [6.45, 7) is 3.80. The number of alkyl halides is 3. The Kier molecular flexibility index (Phi) is 6.57. The van der Waals surface area contributed by atoms with Gasteiger partial charge in [0, 0.05) is 6.54 Å². The molecule has 1 aliphatic rings. The highest BCUT2D eigenvalue weighted by Gasteiger charge is 2.38. The molecule has 27 heavy (non-hydrogen) atoms. The molecule has 1 amide bonds. The molecule has 0 bridgehead atoms. The fourth-order valence-electron chi connectivity index (χ4n) is 2.98. The molecule has 2 N–H and O–H groups in total. The monoisotopic (exact) mass is 406 g/mol. The molecule has 2 rings (SSSR count). The van der Waals surface area contributed by atoms with E-state index in [9.17, 15) is 26.4 Å². The van der Waals surface area contributed by atoms with E-state index in [1.165, 1.54) is 13.8 Å². The topological polar surface area (TPSA) is 75.3 Å². The smallest absolute Gasteiger partial charge is 0.355 e. The highest BCUT2D eigenvalue weighted by molar-refractivity contribution is 7.92. The van der Waals surface area contributed by atoms with E-state index in [1.807, 2.05) is 0 Å². The Labute approximate surface area is 157 Å². The standard InChI is InChI=1S/C18H25F3N2O3S/c1-17(2,9-11-23-16(24)15-8-3-4-10-22-15)27(25,26)14-7-5-6-13(12-14)18(19,20)21/h5-7,12,15,22H,3-4,8-11H2,1-2H3,(H,23,24). The maximum Gasteiger partial charge on any atom is 0.416 e. The van der Waals surface area contributed by atoms with E-state index in [2.05, 4.69) is 10.6 Å². The van der Waals surface area contributed by atoms with E-state index in [-0.39, 0.29) is 29.8 Å². The van der Waals surface area contributed by atoms with E-state index in [1.54, 1.807) is 0 Å². The molecule has 0 spiro atoms. The zero-order valence-corrected chi connectivity index (χ0v) is 16.2. The van der Waals surface area contributed by atoms with Crippen LogP contribution in [0.3, 0.4) is 0 Å². The van der Waals surface area contributed by atoms with E-state index in [4.69, 9.17) is 0 Å². The average molecular weight is 406 g/mol. The summed E-state index contributed by atoms with van der Waals surface area (Å²) in [6, 6.07) is 3.46. The van der Waals surface area contributed by atoms with Crippen LogP contribution in [0.15, 0.2) is 29.2 Å². The first kappa shape index (κ1) is 21.7. The van der Waals surface area contributed by atoms with Crippen molar-refractivity contribution >= 4 is 15.7 Å². The maximum absolute atomic E-state index is 12.9. The van der Waals surface area contributed by atoms with Gasteiger partial charge in [0.1, 0.15) is 0 Å². The molecule has 0 radical (unpaired) electrons. The number of rotatable bonds is 6. The zero-order valence-electron chi connectivity index (χ0n) is 15.4. The van der Waals surface area contributed by atoms with Gasteiger partial charge in [-0.2, -0.15) is 13.2 Å². The number of carbonyl (C=O) groups is 1. The summed E-state index contributed by atoms with van der Waals surface area (Å²) in [5, 5.41) is 5.83. The largest absolute Gasteiger partial charge is 0.416 e. The van der Waals surface area contributed by atoms with Crippen LogP contribution >= 0.6 is 0 Å². The lowest BCUT2D eigenvalue weighted by molar-refractivity contribution is -0.137. The van der Waals surface area contributed by atoms with E-state index >= 15 is 0 Å². The van der Waals surface area contributed by atoms with Gasteiger partial charge in [-0.05, 0) is 57.9 Å². The Morgan fingerprint density at radius 2 is 1.96 bits per heavy atom. The first-order chi connectivity index (χ1) is 12.4. The third-order valence-corrected chi connectivity index (χ3v) is 7.39. The van der Waals surface area contributed by atoms with Crippen LogP contribution in [0.1, 0.15) is 45.1 Å². The van der Waals surface area contributed by atoms with Crippen LogP contribution in [0.2, 0.25) is 0 Å². The summed E-state index contributed by atoms with van der Waals surface area (Å²) < 4.78 is 62.9.